The molecule has 12 nitrogen and oxygen atoms in total. The van der Waals surface area contributed by atoms with E-state index in [0.29, 0.717) is 30.3 Å². The number of ketones is 1. The Labute approximate surface area is 220 Å². The molecule has 196 valence electrons. The molecule has 0 atom stereocenters. The van der Waals surface area contributed by atoms with Gasteiger partial charge in [0.25, 0.3) is 11.7 Å². The van der Waals surface area contributed by atoms with Crippen molar-refractivity contribution >= 4 is 28.4 Å². The minimum absolute atomic E-state index is 0.0272. The number of nitrogens with zero attached hydrogens (tertiary/aromatic N) is 8. The predicted molar refractivity (Wildman–Crippen MR) is 138 cm³/mol. The van der Waals surface area contributed by atoms with E-state index in [0.717, 1.165) is 11.9 Å². The molecule has 1 saturated heterocycles. The van der Waals surface area contributed by atoms with Gasteiger partial charge in [-0.3, -0.25) is 9.59 Å². The molecule has 1 aliphatic heterocycles. The Morgan fingerprint density at radius 3 is 2.64 bits per heavy atom. The van der Waals surface area contributed by atoms with Crippen molar-refractivity contribution in [3.8, 4) is 23.0 Å². The molecule has 0 aliphatic carbocycles. The highest BCUT2D eigenvalue weighted by molar-refractivity contribution is 6.45. The Morgan fingerprint density at radius 2 is 1.90 bits per heavy atom. The lowest BCUT2D eigenvalue weighted by atomic mass is 10.1. The zero-order chi connectivity index (χ0) is 27.1. The van der Waals surface area contributed by atoms with E-state index in [-0.39, 0.29) is 41.1 Å². The summed E-state index contributed by atoms with van der Waals surface area (Å²) >= 11 is 0. The number of benzene rings is 1. The van der Waals surface area contributed by atoms with Gasteiger partial charge in [0.2, 0.25) is 0 Å². The number of aromatic amines is 1. The number of halogens is 1. The molecule has 1 fully saturated rings. The number of aryl methyl sites for hydroxylation is 1. The Kier molecular flexibility index (Phi) is 5.94. The molecule has 39 heavy (non-hydrogen) atoms. The summed E-state index contributed by atoms with van der Waals surface area (Å²) in [5.41, 5.74) is 1.42. The zero-order valence-corrected chi connectivity index (χ0v) is 20.7. The number of nitrogens with one attached hydrogen (secondary N) is 1. The Balaban J connectivity index is 1.20. The first-order valence-corrected chi connectivity index (χ1v) is 12.2. The summed E-state index contributed by atoms with van der Waals surface area (Å²) in [6.45, 7) is 3.25. The molecule has 0 saturated carbocycles. The second-order valence-electron chi connectivity index (χ2n) is 9.05. The average Bonchev–Trinajstić information content (AvgIpc) is 3.64. The van der Waals surface area contributed by atoms with E-state index >= 15 is 0 Å². The van der Waals surface area contributed by atoms with Crippen LogP contribution < -0.4 is 4.90 Å². The fourth-order valence-electron chi connectivity index (χ4n) is 4.66. The molecule has 0 bridgehead atoms. The quantitative estimate of drug-likeness (QED) is 0.260. The second-order valence-corrected chi connectivity index (χ2v) is 9.05. The normalized spacial score (nSPS) is 13.7. The third-order valence-electron chi connectivity index (χ3n) is 6.60. The largest absolute Gasteiger partial charge is 0.507 e. The van der Waals surface area contributed by atoms with Crippen molar-refractivity contribution in [1.29, 1.82) is 0 Å². The van der Waals surface area contributed by atoms with Crippen molar-refractivity contribution in [2.45, 2.75) is 6.92 Å². The van der Waals surface area contributed by atoms with Crippen molar-refractivity contribution in [3.05, 3.63) is 72.2 Å². The van der Waals surface area contributed by atoms with Crippen LogP contribution in [0, 0.1) is 12.7 Å². The van der Waals surface area contributed by atoms with Gasteiger partial charge in [-0.25, -0.2) is 24.0 Å². The number of anilines is 1. The van der Waals surface area contributed by atoms with Crippen LogP contribution in [-0.2, 0) is 4.79 Å². The van der Waals surface area contributed by atoms with E-state index in [4.69, 9.17) is 0 Å². The highest BCUT2D eigenvalue weighted by Crippen LogP contribution is 2.29. The van der Waals surface area contributed by atoms with Gasteiger partial charge in [-0.1, -0.05) is 17.3 Å². The maximum Gasteiger partial charge on any atom is 0.295 e. The lowest BCUT2D eigenvalue weighted by Gasteiger charge is -2.35. The number of aromatic hydroxyl groups is 1. The Morgan fingerprint density at radius 1 is 1.10 bits per heavy atom. The third-order valence-corrected chi connectivity index (χ3v) is 6.60. The molecule has 5 aromatic rings. The van der Waals surface area contributed by atoms with E-state index in [2.05, 4.69) is 30.2 Å². The summed E-state index contributed by atoms with van der Waals surface area (Å²) < 4.78 is 16.1. The molecule has 1 aromatic carbocycles. The Hall–Kier alpha value is -5.20. The topological polar surface area (TPSA) is 146 Å². The molecule has 2 N–H and O–H groups in total. The van der Waals surface area contributed by atoms with Gasteiger partial charge < -0.3 is 19.9 Å². The van der Waals surface area contributed by atoms with Gasteiger partial charge >= 0.3 is 0 Å². The molecule has 6 rings (SSSR count). The van der Waals surface area contributed by atoms with Gasteiger partial charge in [-0.2, -0.15) is 0 Å². The first kappa shape index (κ1) is 24.2. The maximum atomic E-state index is 14.8. The van der Waals surface area contributed by atoms with E-state index < -0.39 is 17.5 Å². The van der Waals surface area contributed by atoms with Crippen LogP contribution in [0.1, 0.15) is 16.1 Å². The van der Waals surface area contributed by atoms with Crippen molar-refractivity contribution in [3.63, 3.8) is 0 Å². The number of aromatic nitrogens is 7. The number of hydrogen-bond donors (Lipinski definition) is 2. The molecule has 4 aromatic heterocycles. The van der Waals surface area contributed by atoms with Gasteiger partial charge in [0.15, 0.2) is 17.5 Å². The summed E-state index contributed by atoms with van der Waals surface area (Å²) in [5, 5.41) is 17.8. The number of fused-ring (bicyclic) bond motifs is 1. The smallest absolute Gasteiger partial charge is 0.295 e. The lowest BCUT2D eigenvalue weighted by molar-refractivity contribution is -0.126. The number of pyridine rings is 1. The highest BCUT2D eigenvalue weighted by Gasteiger charge is 2.30. The fourth-order valence-corrected chi connectivity index (χ4v) is 4.66. The van der Waals surface area contributed by atoms with Crippen molar-refractivity contribution in [1.82, 2.24) is 39.8 Å². The number of carbonyl (C=O) groups is 2. The van der Waals surface area contributed by atoms with Crippen LogP contribution >= 0.6 is 0 Å². The predicted octanol–water partition coefficient (Wildman–Crippen LogP) is 2.29. The van der Waals surface area contributed by atoms with Crippen LogP contribution in [0.5, 0.6) is 5.75 Å². The molecule has 0 unspecified atom stereocenters. The first-order chi connectivity index (χ1) is 18.9. The van der Waals surface area contributed by atoms with E-state index in [1.54, 1.807) is 24.3 Å². The van der Waals surface area contributed by atoms with Gasteiger partial charge in [0.1, 0.15) is 11.6 Å². The molecular weight excluding hydrogens is 505 g/mol. The number of amides is 1. The van der Waals surface area contributed by atoms with E-state index in [9.17, 15) is 19.1 Å². The van der Waals surface area contributed by atoms with Crippen LogP contribution in [0.25, 0.3) is 28.1 Å². The number of H-pyrrole nitrogens is 1. The monoisotopic (exact) mass is 527 g/mol. The molecule has 13 heteroatoms. The van der Waals surface area contributed by atoms with Crippen LogP contribution in [-0.4, -0.2) is 82.8 Å². The summed E-state index contributed by atoms with van der Waals surface area (Å²) in [5.74, 6) is -0.862. The lowest BCUT2D eigenvalue weighted by Crippen LogP contribution is -2.51. The number of para-hydroxylation sites is 1. The summed E-state index contributed by atoms with van der Waals surface area (Å²) in [7, 11) is 0. The number of carbonyl (C=O) groups excluding carboxylic acids is 2. The Bertz CT molecular complexity index is 1710. The molecule has 0 spiro atoms. The van der Waals surface area contributed by atoms with E-state index in [1.807, 2.05) is 17.9 Å². The third kappa shape index (κ3) is 4.33. The maximum absolute atomic E-state index is 14.8. The van der Waals surface area contributed by atoms with Gasteiger partial charge in [0, 0.05) is 44.1 Å². The van der Waals surface area contributed by atoms with Gasteiger partial charge in [-0.15, -0.1) is 5.10 Å². The minimum Gasteiger partial charge on any atom is -0.507 e. The number of phenolic OH excluding ortho intramolecular Hbond substituents is 1. The van der Waals surface area contributed by atoms with Crippen LogP contribution in [0.15, 0.2) is 55.1 Å². The van der Waals surface area contributed by atoms with Crippen molar-refractivity contribution in [2.75, 3.05) is 31.1 Å². The van der Waals surface area contributed by atoms with Crippen molar-refractivity contribution < 1.29 is 19.1 Å². The summed E-state index contributed by atoms with van der Waals surface area (Å²) in [6.07, 6.45) is 5.29. The number of hydrogen-bond acceptors (Lipinski definition) is 9. The SMILES string of the molecule is Cc1cc(N2CCN(C(=O)C(=O)c3c[nH]c4c(-n5ccnn5)ncc(F)c34)CC2)nc(-c2ccccc2O)n1. The average molecular weight is 528 g/mol. The molecule has 0 radical (unpaired) electrons. The number of phenols is 1. The van der Waals surface area contributed by atoms with Crippen LogP contribution in [0.3, 0.4) is 0 Å². The first-order valence-electron chi connectivity index (χ1n) is 12.2. The van der Waals surface area contributed by atoms with Crippen LogP contribution in [0.2, 0.25) is 0 Å². The molecule has 1 amide bonds. The molecule has 5 heterocycles. The zero-order valence-electron chi connectivity index (χ0n) is 20.7. The fraction of sp³-hybridized carbons (Fsp3) is 0.192. The van der Waals surface area contributed by atoms with Crippen molar-refractivity contribution in [2.24, 2.45) is 0 Å². The van der Waals surface area contributed by atoms with E-state index in [1.165, 1.54) is 28.2 Å². The summed E-state index contributed by atoms with van der Waals surface area (Å²) in [6, 6.07) is 8.68. The summed E-state index contributed by atoms with van der Waals surface area (Å²) in [4.78, 5) is 45.8. The molecule has 1 aliphatic rings. The standard InChI is InChI=1S/C26H22FN9O3/c1-15-12-20(32-24(31-15)16-4-2-3-5-19(16)37)34-8-10-35(11-9-34)26(39)23(38)17-13-28-22-21(17)18(27)14-29-25(22)36-7-6-30-33-36/h2-7,12-14,28,37H,8-11H2,1H3. The number of rotatable bonds is 5. The van der Waals surface area contributed by atoms with Gasteiger partial charge in [-0.05, 0) is 19.1 Å². The van der Waals surface area contributed by atoms with Crippen LogP contribution in [0.4, 0.5) is 10.2 Å². The number of Topliss-reactive ketones (excluding diaryl/α,β-unsaturated/α-hetero) is 1. The second kappa shape index (κ2) is 9.59. The van der Waals surface area contributed by atoms with Gasteiger partial charge in [0.05, 0.1) is 40.6 Å². The molecular formula is C26H22FN9O3. The minimum atomic E-state index is -0.816. The number of piperazine rings is 1. The highest BCUT2D eigenvalue weighted by atomic mass is 19.1.